The molecule has 0 amide bonds. The van der Waals surface area contributed by atoms with Crippen LogP contribution in [0.1, 0.15) is 33.5 Å². The third-order valence-corrected chi connectivity index (χ3v) is 5.47. The van der Waals surface area contributed by atoms with Gasteiger partial charge in [-0.2, -0.15) is 12.6 Å². The van der Waals surface area contributed by atoms with Gasteiger partial charge in [-0.05, 0) is 41.8 Å². The third kappa shape index (κ3) is 3.93. The third-order valence-electron chi connectivity index (χ3n) is 4.52. The molecular formula is C22H18ClFO2S. The molecule has 0 fully saturated rings. The monoisotopic (exact) mass is 400 g/mol. The number of ketones is 1. The van der Waals surface area contributed by atoms with Gasteiger partial charge < -0.3 is 5.11 Å². The molecule has 0 aliphatic carbocycles. The molecule has 1 N–H and O–H groups in total. The highest BCUT2D eigenvalue weighted by Crippen LogP contribution is 2.42. The fraction of sp³-hybridized carbons (Fsp3) is 0.136. The van der Waals surface area contributed by atoms with Crippen molar-refractivity contribution in [2.75, 3.05) is 6.61 Å². The Hall–Kier alpha value is -2.14. The zero-order valence-corrected chi connectivity index (χ0v) is 16.1. The predicted molar refractivity (Wildman–Crippen MR) is 109 cm³/mol. The van der Waals surface area contributed by atoms with Crippen LogP contribution in [-0.2, 0) is 4.75 Å². The van der Waals surface area contributed by atoms with Gasteiger partial charge in [-0.3, -0.25) is 4.79 Å². The van der Waals surface area contributed by atoms with Crippen molar-refractivity contribution in [3.63, 3.8) is 0 Å². The van der Waals surface area contributed by atoms with Crippen LogP contribution < -0.4 is 0 Å². The topological polar surface area (TPSA) is 37.3 Å². The van der Waals surface area contributed by atoms with Crippen LogP contribution >= 0.6 is 24.2 Å². The van der Waals surface area contributed by atoms with Crippen molar-refractivity contribution >= 4 is 30.0 Å². The summed E-state index contributed by atoms with van der Waals surface area (Å²) in [5, 5.41) is 10.0. The van der Waals surface area contributed by atoms with Crippen molar-refractivity contribution in [1.82, 2.24) is 0 Å². The second-order valence-electron chi connectivity index (χ2n) is 6.20. The largest absolute Gasteiger partial charge is 0.396 e. The number of carbonyl (C=O) groups excluding carboxylic acids is 1. The minimum Gasteiger partial charge on any atom is -0.396 e. The summed E-state index contributed by atoms with van der Waals surface area (Å²) in [6.07, 6.45) is 0.277. The quantitative estimate of drug-likeness (QED) is 0.437. The first-order chi connectivity index (χ1) is 13.0. The van der Waals surface area contributed by atoms with E-state index in [1.54, 1.807) is 18.2 Å². The summed E-state index contributed by atoms with van der Waals surface area (Å²) in [6.45, 7) is -0.131. The smallest absolute Gasteiger partial charge is 0.196 e. The molecule has 2 nitrogen and oxygen atoms in total. The molecule has 0 radical (unpaired) electrons. The zero-order chi connectivity index (χ0) is 19.4. The van der Waals surface area contributed by atoms with Crippen LogP contribution in [0.3, 0.4) is 0 Å². The summed E-state index contributed by atoms with van der Waals surface area (Å²) >= 11 is 11.0. The molecule has 5 heteroatoms. The van der Waals surface area contributed by atoms with E-state index in [0.717, 1.165) is 5.56 Å². The van der Waals surface area contributed by atoms with Gasteiger partial charge in [-0.25, -0.2) is 4.39 Å². The minimum absolute atomic E-state index is 0.0336. The normalized spacial score (nSPS) is 13.2. The summed E-state index contributed by atoms with van der Waals surface area (Å²) in [7, 11) is 0. The van der Waals surface area contributed by atoms with Gasteiger partial charge in [-0.15, -0.1) is 0 Å². The number of hydrogen-bond donors (Lipinski definition) is 2. The van der Waals surface area contributed by atoms with E-state index < -0.39 is 16.3 Å². The molecule has 0 heterocycles. The second-order valence-corrected chi connectivity index (χ2v) is 7.40. The fourth-order valence-electron chi connectivity index (χ4n) is 3.17. The Morgan fingerprint density at radius 2 is 1.67 bits per heavy atom. The average Bonchev–Trinajstić information content (AvgIpc) is 2.68. The van der Waals surface area contributed by atoms with Crippen molar-refractivity contribution < 1.29 is 14.3 Å². The Balaban J connectivity index is 2.21. The molecule has 0 saturated heterocycles. The van der Waals surface area contributed by atoms with Gasteiger partial charge in [0.15, 0.2) is 5.78 Å². The molecule has 0 aromatic heterocycles. The first-order valence-corrected chi connectivity index (χ1v) is 9.28. The lowest BCUT2D eigenvalue weighted by molar-refractivity contribution is 0.103. The second kappa shape index (κ2) is 8.26. The number of thiol groups is 1. The lowest BCUT2D eigenvalue weighted by Crippen LogP contribution is -2.25. The first kappa shape index (κ1) is 19.6. The Labute approximate surface area is 168 Å². The molecule has 3 aromatic rings. The molecule has 3 rings (SSSR count). The molecule has 1 atom stereocenters. The van der Waals surface area contributed by atoms with Crippen molar-refractivity contribution in [3.05, 3.63) is 106 Å². The Bertz CT molecular complexity index is 962. The van der Waals surface area contributed by atoms with Crippen LogP contribution in [0, 0.1) is 5.82 Å². The van der Waals surface area contributed by atoms with Crippen LogP contribution in [0.4, 0.5) is 4.39 Å². The molecule has 0 aliphatic heterocycles. The molecule has 138 valence electrons. The van der Waals surface area contributed by atoms with Gasteiger partial charge in [0, 0.05) is 17.2 Å². The molecule has 0 bridgehead atoms. The maximum absolute atomic E-state index is 14.2. The number of carbonyl (C=O) groups is 1. The van der Waals surface area contributed by atoms with Crippen LogP contribution in [0.15, 0.2) is 72.8 Å². The number of hydrogen-bond acceptors (Lipinski definition) is 3. The Kier molecular flexibility index (Phi) is 6.00. The van der Waals surface area contributed by atoms with E-state index in [1.165, 1.54) is 24.3 Å². The van der Waals surface area contributed by atoms with Gasteiger partial charge in [0.1, 0.15) is 5.82 Å². The lowest BCUT2D eigenvalue weighted by atomic mass is 9.83. The van der Waals surface area contributed by atoms with E-state index in [4.69, 9.17) is 24.2 Å². The molecule has 1 unspecified atom stereocenters. The number of aliphatic hydroxyl groups excluding tert-OH is 1. The van der Waals surface area contributed by atoms with Gasteiger partial charge in [0.2, 0.25) is 0 Å². The molecular weight excluding hydrogens is 383 g/mol. The fourth-order valence-corrected chi connectivity index (χ4v) is 3.78. The standard InChI is InChI=1S/C22H18ClFO2S/c23-16-10-11-19(22(27,12-13-25)15-6-2-1-3-7-15)18(14-16)21(26)17-8-4-5-9-20(17)24/h1-11,14,25,27H,12-13H2. The summed E-state index contributed by atoms with van der Waals surface area (Å²) in [6, 6.07) is 20.1. The van der Waals surface area contributed by atoms with Gasteiger partial charge in [-0.1, -0.05) is 60.1 Å². The van der Waals surface area contributed by atoms with E-state index in [0.29, 0.717) is 10.6 Å². The number of benzene rings is 3. The highest BCUT2D eigenvalue weighted by atomic mass is 35.5. The van der Waals surface area contributed by atoms with Gasteiger partial charge >= 0.3 is 0 Å². The van der Waals surface area contributed by atoms with Gasteiger partial charge in [0.25, 0.3) is 0 Å². The van der Waals surface area contributed by atoms with Crippen molar-refractivity contribution in [1.29, 1.82) is 0 Å². The summed E-state index contributed by atoms with van der Waals surface area (Å²) in [5.41, 5.74) is 1.63. The van der Waals surface area contributed by atoms with Gasteiger partial charge in [0.05, 0.1) is 10.3 Å². The SMILES string of the molecule is O=C(c1ccccc1F)c1cc(Cl)ccc1C(S)(CCO)c1ccccc1. The maximum atomic E-state index is 14.2. The molecule has 27 heavy (non-hydrogen) atoms. The van der Waals surface area contributed by atoms with Crippen molar-refractivity contribution in [3.8, 4) is 0 Å². The molecule has 0 spiro atoms. The van der Waals surface area contributed by atoms with E-state index in [9.17, 15) is 14.3 Å². The Morgan fingerprint density at radius 3 is 2.33 bits per heavy atom. The van der Waals surface area contributed by atoms with Crippen LogP contribution in [-0.4, -0.2) is 17.5 Å². The summed E-state index contributed by atoms with van der Waals surface area (Å²) in [4.78, 5) is 13.1. The van der Waals surface area contributed by atoms with Crippen LogP contribution in [0.25, 0.3) is 0 Å². The van der Waals surface area contributed by atoms with E-state index >= 15 is 0 Å². The zero-order valence-electron chi connectivity index (χ0n) is 14.4. The molecule has 3 aromatic carbocycles. The predicted octanol–water partition coefficient (Wildman–Crippen LogP) is 5.27. The molecule has 0 aliphatic rings. The minimum atomic E-state index is -0.934. The van der Waals surface area contributed by atoms with E-state index in [1.807, 2.05) is 30.3 Å². The van der Waals surface area contributed by atoms with Crippen molar-refractivity contribution in [2.24, 2.45) is 0 Å². The van der Waals surface area contributed by atoms with Crippen LogP contribution in [0.2, 0.25) is 5.02 Å². The van der Waals surface area contributed by atoms with E-state index in [2.05, 4.69) is 0 Å². The molecule has 0 saturated carbocycles. The number of aliphatic hydroxyl groups is 1. The average molecular weight is 401 g/mol. The van der Waals surface area contributed by atoms with E-state index in [-0.39, 0.29) is 24.2 Å². The van der Waals surface area contributed by atoms with Crippen molar-refractivity contribution in [2.45, 2.75) is 11.2 Å². The lowest BCUT2D eigenvalue weighted by Gasteiger charge is -2.31. The summed E-state index contributed by atoms with van der Waals surface area (Å²) < 4.78 is 13.3. The number of rotatable bonds is 6. The van der Waals surface area contributed by atoms with Crippen LogP contribution in [0.5, 0.6) is 0 Å². The first-order valence-electron chi connectivity index (χ1n) is 8.45. The highest BCUT2D eigenvalue weighted by molar-refractivity contribution is 7.81. The maximum Gasteiger partial charge on any atom is 0.196 e. The summed E-state index contributed by atoms with van der Waals surface area (Å²) in [5.74, 6) is -1.07. The number of halogens is 2. The Morgan fingerprint density at radius 1 is 1.00 bits per heavy atom. The highest BCUT2D eigenvalue weighted by Gasteiger charge is 2.34.